The molecule has 2 heterocycles. The molecule has 2 aromatic rings. The Labute approximate surface area is 138 Å². The predicted octanol–water partition coefficient (Wildman–Crippen LogP) is 3.64. The second-order valence-corrected chi connectivity index (χ2v) is 5.83. The van der Waals surface area contributed by atoms with E-state index in [1.165, 1.54) is 0 Å². The summed E-state index contributed by atoms with van der Waals surface area (Å²) in [6.45, 7) is 1.86. The fourth-order valence-corrected chi connectivity index (χ4v) is 2.61. The number of amides is 1. The molecule has 1 saturated heterocycles. The molecule has 0 spiro atoms. The fraction of sp³-hybridized carbons (Fsp3) is 0.267. The fourth-order valence-electron chi connectivity index (χ4n) is 2.31. The van der Waals surface area contributed by atoms with Crippen molar-refractivity contribution in [3.8, 4) is 0 Å². The molecule has 1 aromatic heterocycles. The van der Waals surface area contributed by atoms with Gasteiger partial charge in [0.1, 0.15) is 5.69 Å². The molecule has 1 fully saturated rings. The van der Waals surface area contributed by atoms with Crippen LogP contribution in [0.3, 0.4) is 0 Å². The van der Waals surface area contributed by atoms with Gasteiger partial charge in [-0.15, -0.1) is 0 Å². The van der Waals surface area contributed by atoms with Crippen molar-refractivity contribution in [1.82, 2.24) is 9.97 Å². The number of carbonyl (C=O) groups is 1. The Morgan fingerprint density at radius 2 is 1.91 bits per heavy atom. The third-order valence-electron chi connectivity index (χ3n) is 3.44. The van der Waals surface area contributed by atoms with Gasteiger partial charge in [0.25, 0.3) is 5.91 Å². The van der Waals surface area contributed by atoms with E-state index in [4.69, 9.17) is 23.2 Å². The minimum Gasteiger partial charge on any atom is -0.341 e. The van der Waals surface area contributed by atoms with E-state index in [0.29, 0.717) is 27.4 Å². The van der Waals surface area contributed by atoms with Gasteiger partial charge >= 0.3 is 0 Å². The van der Waals surface area contributed by atoms with Gasteiger partial charge in [-0.25, -0.2) is 9.97 Å². The highest BCUT2D eigenvalue weighted by molar-refractivity contribution is 6.42. The summed E-state index contributed by atoms with van der Waals surface area (Å²) >= 11 is 11.8. The van der Waals surface area contributed by atoms with Gasteiger partial charge in [0.2, 0.25) is 5.95 Å². The maximum atomic E-state index is 12.3. The average Bonchev–Trinajstić information content (AvgIpc) is 3.05. The van der Waals surface area contributed by atoms with E-state index < -0.39 is 0 Å². The molecule has 0 atom stereocenters. The van der Waals surface area contributed by atoms with Gasteiger partial charge in [0.15, 0.2) is 0 Å². The maximum Gasteiger partial charge on any atom is 0.274 e. The molecule has 1 amide bonds. The first kappa shape index (κ1) is 15.1. The van der Waals surface area contributed by atoms with Gasteiger partial charge in [-0.3, -0.25) is 4.79 Å². The second-order valence-electron chi connectivity index (χ2n) is 5.02. The van der Waals surface area contributed by atoms with Crippen LogP contribution in [-0.4, -0.2) is 29.0 Å². The first-order valence-electron chi connectivity index (χ1n) is 6.98. The molecular formula is C15H14Cl2N4O. The van der Waals surface area contributed by atoms with Crippen LogP contribution >= 0.6 is 23.2 Å². The van der Waals surface area contributed by atoms with Crippen molar-refractivity contribution in [2.75, 3.05) is 23.3 Å². The third kappa shape index (κ3) is 3.31. The first-order valence-corrected chi connectivity index (χ1v) is 7.73. The molecule has 0 aliphatic carbocycles. The highest BCUT2D eigenvalue weighted by Crippen LogP contribution is 2.25. The average molecular weight is 337 g/mol. The molecule has 0 saturated carbocycles. The molecule has 22 heavy (non-hydrogen) atoms. The SMILES string of the molecule is O=C(Nc1ccc(Cl)c(Cl)c1)c1ccnc(N2CCCC2)n1. The number of aromatic nitrogens is 2. The summed E-state index contributed by atoms with van der Waals surface area (Å²) < 4.78 is 0. The topological polar surface area (TPSA) is 58.1 Å². The number of carbonyl (C=O) groups excluding carboxylic acids is 1. The van der Waals surface area contributed by atoms with Crippen LogP contribution in [0.1, 0.15) is 23.3 Å². The summed E-state index contributed by atoms with van der Waals surface area (Å²) in [6, 6.07) is 6.51. The smallest absolute Gasteiger partial charge is 0.274 e. The summed E-state index contributed by atoms with van der Waals surface area (Å²) in [5, 5.41) is 3.58. The number of rotatable bonds is 3. The Morgan fingerprint density at radius 3 is 2.64 bits per heavy atom. The van der Waals surface area contributed by atoms with Crippen LogP contribution in [-0.2, 0) is 0 Å². The first-order chi connectivity index (χ1) is 10.6. The summed E-state index contributed by atoms with van der Waals surface area (Å²) in [6.07, 6.45) is 3.86. The number of nitrogens with one attached hydrogen (secondary N) is 1. The quantitative estimate of drug-likeness (QED) is 0.929. The van der Waals surface area contributed by atoms with Crippen molar-refractivity contribution in [3.63, 3.8) is 0 Å². The maximum absolute atomic E-state index is 12.3. The minimum absolute atomic E-state index is 0.304. The molecule has 7 heteroatoms. The van der Waals surface area contributed by atoms with E-state index in [9.17, 15) is 4.79 Å². The zero-order valence-corrected chi connectivity index (χ0v) is 13.2. The second kappa shape index (κ2) is 6.50. The Morgan fingerprint density at radius 1 is 1.14 bits per heavy atom. The lowest BCUT2D eigenvalue weighted by molar-refractivity contribution is 0.102. The number of hydrogen-bond donors (Lipinski definition) is 1. The van der Waals surface area contributed by atoms with Crippen LogP contribution in [0, 0.1) is 0 Å². The largest absolute Gasteiger partial charge is 0.341 e. The number of halogens is 2. The highest BCUT2D eigenvalue weighted by atomic mass is 35.5. The lowest BCUT2D eigenvalue weighted by atomic mass is 10.3. The molecule has 1 aliphatic heterocycles. The monoisotopic (exact) mass is 336 g/mol. The number of hydrogen-bond acceptors (Lipinski definition) is 4. The summed E-state index contributed by atoms with van der Waals surface area (Å²) in [5.74, 6) is 0.292. The van der Waals surface area contributed by atoms with E-state index in [0.717, 1.165) is 25.9 Å². The van der Waals surface area contributed by atoms with Crippen molar-refractivity contribution in [1.29, 1.82) is 0 Å². The summed E-state index contributed by atoms with van der Waals surface area (Å²) in [7, 11) is 0. The molecule has 0 radical (unpaired) electrons. The molecule has 1 N–H and O–H groups in total. The standard InChI is InChI=1S/C15H14Cl2N4O/c16-11-4-3-10(9-12(11)17)19-14(22)13-5-6-18-15(20-13)21-7-1-2-8-21/h3-6,9H,1-2,7-8H2,(H,19,22). The van der Waals surface area contributed by atoms with Gasteiger partial charge < -0.3 is 10.2 Å². The normalized spacial score (nSPS) is 14.2. The molecular weight excluding hydrogens is 323 g/mol. The number of anilines is 2. The Balaban J connectivity index is 1.76. The zero-order valence-electron chi connectivity index (χ0n) is 11.7. The van der Waals surface area contributed by atoms with Gasteiger partial charge in [-0.1, -0.05) is 23.2 Å². The van der Waals surface area contributed by atoms with Crippen molar-refractivity contribution in [3.05, 3.63) is 46.2 Å². The van der Waals surface area contributed by atoms with E-state index in [1.54, 1.807) is 30.5 Å². The van der Waals surface area contributed by atoms with Crippen LogP contribution in [0.2, 0.25) is 10.0 Å². The van der Waals surface area contributed by atoms with E-state index in [-0.39, 0.29) is 5.91 Å². The molecule has 0 unspecified atom stereocenters. The Kier molecular flexibility index (Phi) is 4.45. The zero-order chi connectivity index (χ0) is 15.5. The summed E-state index contributed by atoms with van der Waals surface area (Å²) in [4.78, 5) is 22.9. The van der Waals surface area contributed by atoms with Gasteiger partial charge in [0, 0.05) is 25.0 Å². The van der Waals surface area contributed by atoms with Crippen molar-refractivity contribution < 1.29 is 4.79 Å². The Hall–Kier alpha value is -1.85. The van der Waals surface area contributed by atoms with E-state index in [2.05, 4.69) is 20.2 Å². The number of nitrogens with zero attached hydrogens (tertiary/aromatic N) is 3. The molecule has 1 aliphatic rings. The predicted molar refractivity (Wildman–Crippen MR) is 87.9 cm³/mol. The summed E-state index contributed by atoms with van der Waals surface area (Å²) in [5.41, 5.74) is 0.892. The van der Waals surface area contributed by atoms with Gasteiger partial charge in [-0.05, 0) is 37.1 Å². The molecule has 114 valence electrons. The van der Waals surface area contributed by atoms with E-state index >= 15 is 0 Å². The van der Waals surface area contributed by atoms with Crippen molar-refractivity contribution in [2.45, 2.75) is 12.8 Å². The van der Waals surface area contributed by atoms with Crippen LogP contribution in [0.15, 0.2) is 30.5 Å². The lowest BCUT2D eigenvalue weighted by Crippen LogP contribution is -2.22. The van der Waals surface area contributed by atoms with Crippen LogP contribution in [0.4, 0.5) is 11.6 Å². The van der Waals surface area contributed by atoms with Crippen molar-refractivity contribution >= 4 is 40.7 Å². The van der Waals surface area contributed by atoms with E-state index in [1.807, 2.05) is 0 Å². The van der Waals surface area contributed by atoms with Gasteiger partial charge in [-0.2, -0.15) is 0 Å². The molecule has 3 rings (SSSR count). The van der Waals surface area contributed by atoms with Crippen LogP contribution in [0.5, 0.6) is 0 Å². The van der Waals surface area contributed by atoms with Crippen LogP contribution < -0.4 is 10.2 Å². The van der Waals surface area contributed by atoms with Crippen molar-refractivity contribution in [2.24, 2.45) is 0 Å². The van der Waals surface area contributed by atoms with Gasteiger partial charge in [0.05, 0.1) is 10.0 Å². The van der Waals surface area contributed by atoms with Crippen LogP contribution in [0.25, 0.3) is 0 Å². The molecule has 5 nitrogen and oxygen atoms in total. The lowest BCUT2D eigenvalue weighted by Gasteiger charge is -2.15. The third-order valence-corrected chi connectivity index (χ3v) is 4.18. The molecule has 0 bridgehead atoms. The highest BCUT2D eigenvalue weighted by Gasteiger charge is 2.17. The molecule has 1 aromatic carbocycles. The minimum atomic E-state index is -0.304. The Bertz CT molecular complexity index is 702. The number of benzene rings is 1.